The Balaban J connectivity index is 2.23. The zero-order valence-electron chi connectivity index (χ0n) is 6.18. The largest absolute Gasteiger partial charge is 0.360 e. The van der Waals surface area contributed by atoms with Crippen LogP contribution in [0.5, 0.6) is 0 Å². The van der Waals surface area contributed by atoms with Crippen molar-refractivity contribution in [3.8, 4) is 0 Å². The molecule has 0 radical (unpaired) electrons. The van der Waals surface area contributed by atoms with Crippen LogP contribution in [-0.4, -0.2) is 19.4 Å². The highest BCUT2D eigenvalue weighted by Gasteiger charge is 2.16. The van der Waals surface area contributed by atoms with Gasteiger partial charge in [-0.1, -0.05) is 0 Å². The summed E-state index contributed by atoms with van der Waals surface area (Å²) in [5.41, 5.74) is 0. The van der Waals surface area contributed by atoms with E-state index < -0.39 is 0 Å². The van der Waals surface area contributed by atoms with Crippen molar-refractivity contribution in [2.45, 2.75) is 38.5 Å². The van der Waals surface area contributed by atoms with Crippen molar-refractivity contribution in [2.75, 3.05) is 7.05 Å². The molecule has 0 aliphatic carbocycles. The van der Waals surface area contributed by atoms with Crippen molar-refractivity contribution < 1.29 is 4.74 Å². The van der Waals surface area contributed by atoms with Gasteiger partial charge in [0.25, 0.3) is 0 Å². The fourth-order valence-electron chi connectivity index (χ4n) is 1.22. The molecule has 1 rings (SSSR count). The number of hydrogen-bond acceptors (Lipinski definition) is 2. The number of nitrogens with one attached hydrogen (secondary N) is 1. The van der Waals surface area contributed by atoms with Crippen molar-refractivity contribution in [1.82, 2.24) is 5.32 Å². The topological polar surface area (TPSA) is 21.3 Å². The number of hydrogen-bond donors (Lipinski definition) is 1. The van der Waals surface area contributed by atoms with Gasteiger partial charge in [0.1, 0.15) is 6.23 Å². The molecule has 2 heteroatoms. The molecular weight excluding hydrogens is 114 g/mol. The summed E-state index contributed by atoms with van der Waals surface area (Å²) >= 11 is 0. The van der Waals surface area contributed by atoms with Gasteiger partial charge in [-0.3, -0.25) is 5.32 Å². The Morgan fingerprint density at radius 1 is 1.44 bits per heavy atom. The van der Waals surface area contributed by atoms with E-state index in [-0.39, 0.29) is 0 Å². The summed E-state index contributed by atoms with van der Waals surface area (Å²) in [5, 5.41) is 3.11. The first-order chi connectivity index (χ1) is 4.33. The summed E-state index contributed by atoms with van der Waals surface area (Å²) in [6.07, 6.45) is 4.45. The smallest absolute Gasteiger partial charge is 0.108 e. The van der Waals surface area contributed by atoms with Crippen LogP contribution >= 0.6 is 0 Å². The summed E-state index contributed by atoms with van der Waals surface area (Å²) in [6.45, 7) is 2.13. The van der Waals surface area contributed by atoms with Crippen molar-refractivity contribution in [3.63, 3.8) is 0 Å². The van der Waals surface area contributed by atoms with Crippen LogP contribution in [0.1, 0.15) is 26.2 Å². The first kappa shape index (κ1) is 7.03. The Morgan fingerprint density at radius 3 is 2.67 bits per heavy atom. The standard InChI is InChI=1S/C7H15NO/c1-6-4-3-5-7(8-2)9-6/h6-8H,3-5H2,1-2H3. The van der Waals surface area contributed by atoms with Gasteiger partial charge in [-0.2, -0.15) is 0 Å². The molecule has 2 unspecified atom stereocenters. The lowest BCUT2D eigenvalue weighted by Gasteiger charge is -2.27. The monoisotopic (exact) mass is 129 g/mol. The second-order valence-corrected chi connectivity index (χ2v) is 2.65. The van der Waals surface area contributed by atoms with Gasteiger partial charge in [0.15, 0.2) is 0 Å². The van der Waals surface area contributed by atoms with E-state index in [1.165, 1.54) is 19.3 Å². The Labute approximate surface area is 56.6 Å². The highest BCUT2D eigenvalue weighted by Crippen LogP contribution is 2.15. The minimum atomic E-state index is 0.314. The Hall–Kier alpha value is -0.0800. The minimum Gasteiger partial charge on any atom is -0.360 e. The fourth-order valence-corrected chi connectivity index (χ4v) is 1.22. The highest BCUT2D eigenvalue weighted by molar-refractivity contribution is 4.64. The van der Waals surface area contributed by atoms with E-state index in [4.69, 9.17) is 4.74 Å². The van der Waals surface area contributed by atoms with Crippen LogP contribution < -0.4 is 5.32 Å². The third kappa shape index (κ3) is 1.95. The van der Waals surface area contributed by atoms with Crippen LogP contribution in [0.15, 0.2) is 0 Å². The van der Waals surface area contributed by atoms with Gasteiger partial charge in [0.2, 0.25) is 0 Å². The van der Waals surface area contributed by atoms with Gasteiger partial charge in [-0.15, -0.1) is 0 Å². The van der Waals surface area contributed by atoms with E-state index >= 15 is 0 Å². The zero-order chi connectivity index (χ0) is 6.69. The third-order valence-electron chi connectivity index (χ3n) is 1.80. The SMILES string of the molecule is CNC1CCCC(C)O1. The van der Waals surface area contributed by atoms with Gasteiger partial charge in [0, 0.05) is 0 Å². The molecule has 9 heavy (non-hydrogen) atoms. The quantitative estimate of drug-likeness (QED) is 0.573. The maximum absolute atomic E-state index is 5.52. The van der Waals surface area contributed by atoms with Crippen molar-refractivity contribution >= 4 is 0 Å². The van der Waals surface area contributed by atoms with E-state index in [9.17, 15) is 0 Å². The van der Waals surface area contributed by atoms with Gasteiger partial charge >= 0.3 is 0 Å². The van der Waals surface area contributed by atoms with Crippen LogP contribution in [0.2, 0.25) is 0 Å². The fraction of sp³-hybridized carbons (Fsp3) is 1.00. The Bertz CT molecular complexity index is 85.0. The van der Waals surface area contributed by atoms with E-state index in [1.54, 1.807) is 0 Å². The summed E-state index contributed by atoms with van der Waals surface area (Å²) < 4.78 is 5.52. The molecule has 0 aromatic carbocycles. The molecule has 2 atom stereocenters. The maximum atomic E-state index is 5.52. The molecule has 0 bridgehead atoms. The molecule has 1 aliphatic rings. The maximum Gasteiger partial charge on any atom is 0.108 e. The lowest BCUT2D eigenvalue weighted by molar-refractivity contribution is -0.0528. The van der Waals surface area contributed by atoms with Crippen molar-refractivity contribution in [3.05, 3.63) is 0 Å². The molecule has 1 aliphatic heterocycles. The zero-order valence-corrected chi connectivity index (χ0v) is 6.18. The second-order valence-electron chi connectivity index (χ2n) is 2.65. The molecule has 1 fully saturated rings. The highest BCUT2D eigenvalue weighted by atomic mass is 16.5. The average Bonchev–Trinajstić information content (AvgIpc) is 1.88. The van der Waals surface area contributed by atoms with Crippen molar-refractivity contribution in [1.29, 1.82) is 0 Å². The van der Waals surface area contributed by atoms with Gasteiger partial charge in [-0.25, -0.2) is 0 Å². The molecule has 0 amide bonds. The average molecular weight is 129 g/mol. The molecule has 0 spiro atoms. The molecular formula is C7H15NO. The number of ether oxygens (including phenoxy) is 1. The lowest BCUT2D eigenvalue weighted by atomic mass is 10.1. The van der Waals surface area contributed by atoms with Crippen LogP contribution in [0.4, 0.5) is 0 Å². The van der Waals surface area contributed by atoms with Crippen LogP contribution in [0.3, 0.4) is 0 Å². The third-order valence-corrected chi connectivity index (χ3v) is 1.80. The van der Waals surface area contributed by atoms with Gasteiger partial charge in [0.05, 0.1) is 6.10 Å². The molecule has 54 valence electrons. The first-order valence-corrected chi connectivity index (χ1v) is 3.65. The van der Waals surface area contributed by atoms with E-state index in [0.29, 0.717) is 12.3 Å². The Kier molecular flexibility index (Phi) is 2.49. The lowest BCUT2D eigenvalue weighted by Crippen LogP contribution is -2.35. The first-order valence-electron chi connectivity index (χ1n) is 3.65. The van der Waals surface area contributed by atoms with E-state index in [0.717, 1.165) is 0 Å². The van der Waals surface area contributed by atoms with Crippen LogP contribution in [-0.2, 0) is 4.74 Å². The second kappa shape index (κ2) is 3.18. The molecule has 0 aromatic rings. The predicted octanol–water partition coefficient (Wildman–Crippen LogP) is 1.12. The van der Waals surface area contributed by atoms with Crippen LogP contribution in [0.25, 0.3) is 0 Å². The number of rotatable bonds is 1. The van der Waals surface area contributed by atoms with E-state index in [2.05, 4.69) is 12.2 Å². The molecule has 1 saturated heterocycles. The van der Waals surface area contributed by atoms with E-state index in [1.807, 2.05) is 7.05 Å². The minimum absolute atomic E-state index is 0.314. The van der Waals surface area contributed by atoms with Crippen molar-refractivity contribution in [2.24, 2.45) is 0 Å². The summed E-state index contributed by atoms with van der Waals surface area (Å²) in [4.78, 5) is 0. The summed E-state index contributed by atoms with van der Waals surface area (Å²) in [7, 11) is 1.95. The van der Waals surface area contributed by atoms with Crippen LogP contribution in [0, 0.1) is 0 Å². The van der Waals surface area contributed by atoms with Gasteiger partial charge in [-0.05, 0) is 33.2 Å². The molecule has 1 heterocycles. The molecule has 2 nitrogen and oxygen atoms in total. The summed E-state index contributed by atoms with van der Waals surface area (Å²) in [5.74, 6) is 0. The molecule has 1 N–H and O–H groups in total. The Morgan fingerprint density at radius 2 is 2.22 bits per heavy atom. The predicted molar refractivity (Wildman–Crippen MR) is 37.2 cm³/mol. The molecule has 0 aromatic heterocycles. The van der Waals surface area contributed by atoms with Gasteiger partial charge < -0.3 is 4.74 Å². The molecule has 0 saturated carbocycles. The summed E-state index contributed by atoms with van der Waals surface area (Å²) in [6, 6.07) is 0. The normalized spacial score (nSPS) is 36.7.